The molecule has 208 valence electrons. The van der Waals surface area contributed by atoms with Crippen LogP contribution in [0.15, 0.2) is 83.8 Å². The second kappa shape index (κ2) is 12.7. The van der Waals surface area contributed by atoms with Crippen LogP contribution >= 0.6 is 0 Å². The lowest BCUT2D eigenvalue weighted by Gasteiger charge is -2.43. The van der Waals surface area contributed by atoms with Gasteiger partial charge in [0.25, 0.3) is 0 Å². The topological polar surface area (TPSA) is 97.3 Å². The molecule has 0 spiro atoms. The van der Waals surface area contributed by atoms with Crippen LogP contribution in [0.1, 0.15) is 41.6 Å². The molecule has 0 bridgehead atoms. The van der Waals surface area contributed by atoms with Gasteiger partial charge in [0, 0.05) is 37.7 Å². The monoisotopic (exact) mass is 552 g/mol. The van der Waals surface area contributed by atoms with Crippen molar-refractivity contribution < 1.29 is 27.7 Å². The Morgan fingerprint density at radius 1 is 0.872 bits per heavy atom. The first-order chi connectivity index (χ1) is 18.9. The van der Waals surface area contributed by atoms with Gasteiger partial charge in [-0.2, -0.15) is 0 Å². The molecule has 2 aliphatic rings. The predicted octanol–water partition coefficient (Wildman–Crippen LogP) is 3.78. The van der Waals surface area contributed by atoms with Crippen LogP contribution in [0.2, 0.25) is 0 Å². The van der Waals surface area contributed by atoms with Crippen LogP contribution in [0.25, 0.3) is 0 Å². The fourth-order valence-electron chi connectivity index (χ4n) is 5.02. The summed E-state index contributed by atoms with van der Waals surface area (Å²) < 4.78 is 46.4. The Labute approximate surface area is 230 Å². The molecular weight excluding hydrogens is 516 g/mol. The minimum atomic E-state index is -3.59. The number of sulfonamides is 1. The van der Waals surface area contributed by atoms with Crippen molar-refractivity contribution in [3.63, 3.8) is 0 Å². The van der Waals surface area contributed by atoms with Crippen molar-refractivity contribution in [1.82, 2.24) is 9.62 Å². The zero-order chi connectivity index (χ0) is 27.2. The molecule has 2 N–H and O–H groups in total. The quantitative estimate of drug-likeness (QED) is 0.417. The molecule has 0 radical (unpaired) electrons. The highest BCUT2D eigenvalue weighted by molar-refractivity contribution is 7.89. The van der Waals surface area contributed by atoms with E-state index in [2.05, 4.69) is 16.5 Å². The summed E-state index contributed by atoms with van der Waals surface area (Å²) in [6, 6.07) is 23.9. The highest BCUT2D eigenvalue weighted by Crippen LogP contribution is 2.42. The van der Waals surface area contributed by atoms with Crippen molar-refractivity contribution in [3.05, 3.63) is 101 Å². The molecule has 2 heterocycles. The average molecular weight is 553 g/mol. The Hall–Kier alpha value is -2.63. The average Bonchev–Trinajstić information content (AvgIpc) is 2.98. The first kappa shape index (κ1) is 27.9. The largest absolute Gasteiger partial charge is 0.392 e. The second-order valence-corrected chi connectivity index (χ2v) is 11.9. The molecule has 5 rings (SSSR count). The van der Waals surface area contributed by atoms with E-state index in [0.717, 1.165) is 55.1 Å². The molecule has 0 amide bonds. The van der Waals surface area contributed by atoms with Crippen LogP contribution in [0, 0.1) is 5.92 Å². The van der Waals surface area contributed by atoms with Crippen molar-refractivity contribution >= 4 is 10.0 Å². The molecular formula is C30H36N2O6S. The van der Waals surface area contributed by atoms with E-state index in [1.54, 1.807) is 30.3 Å². The van der Waals surface area contributed by atoms with Crippen LogP contribution in [0.3, 0.4) is 0 Å². The maximum absolute atomic E-state index is 12.6. The van der Waals surface area contributed by atoms with E-state index in [4.69, 9.17) is 14.2 Å². The first-order valence-corrected chi connectivity index (χ1v) is 14.9. The van der Waals surface area contributed by atoms with Crippen molar-refractivity contribution in [2.24, 2.45) is 5.92 Å². The number of aliphatic hydroxyl groups is 1. The summed E-state index contributed by atoms with van der Waals surface area (Å²) in [7, 11) is -3.59. The number of morpholine rings is 1. The van der Waals surface area contributed by atoms with Gasteiger partial charge in [0.1, 0.15) is 0 Å². The van der Waals surface area contributed by atoms with E-state index >= 15 is 0 Å². The summed E-state index contributed by atoms with van der Waals surface area (Å²) in [6.45, 7) is 6.33. The minimum Gasteiger partial charge on any atom is -0.392 e. The van der Waals surface area contributed by atoms with E-state index in [1.807, 2.05) is 48.5 Å². The van der Waals surface area contributed by atoms with Crippen LogP contribution in [0.5, 0.6) is 0 Å². The molecule has 9 heteroatoms. The Morgan fingerprint density at radius 3 is 2.18 bits per heavy atom. The van der Waals surface area contributed by atoms with Gasteiger partial charge in [-0.15, -0.1) is 0 Å². The Balaban J connectivity index is 1.31. The zero-order valence-electron chi connectivity index (χ0n) is 22.1. The molecule has 0 aromatic heterocycles. The number of aliphatic hydroxyl groups excluding tert-OH is 1. The minimum absolute atomic E-state index is 0.000600. The summed E-state index contributed by atoms with van der Waals surface area (Å²) in [5.74, 6) is 0.107. The number of hydrogen-bond acceptors (Lipinski definition) is 7. The fourth-order valence-corrected chi connectivity index (χ4v) is 6.06. The van der Waals surface area contributed by atoms with Gasteiger partial charge in [-0.1, -0.05) is 73.7 Å². The van der Waals surface area contributed by atoms with E-state index in [1.165, 1.54) is 0 Å². The van der Waals surface area contributed by atoms with Crippen molar-refractivity contribution in [1.29, 1.82) is 0 Å². The summed E-state index contributed by atoms with van der Waals surface area (Å²) >= 11 is 0. The van der Waals surface area contributed by atoms with Crippen LogP contribution in [-0.2, 0) is 37.4 Å². The normalized spacial score (nSPS) is 24.5. The highest BCUT2D eigenvalue weighted by atomic mass is 32.2. The van der Waals surface area contributed by atoms with Gasteiger partial charge in [0.15, 0.2) is 6.29 Å². The number of benzene rings is 3. The molecule has 0 aliphatic carbocycles. The summed E-state index contributed by atoms with van der Waals surface area (Å²) in [5.41, 5.74) is 3.62. The van der Waals surface area contributed by atoms with Gasteiger partial charge in [-0.25, -0.2) is 13.1 Å². The SMILES string of the molecule is CC1C(CN2CCOCC2)OC(c2ccc(CNS(=O)(=O)c3ccccc3)cc2)OC1c1ccc(CO)cc1. The molecule has 2 fully saturated rings. The van der Waals surface area contributed by atoms with Crippen LogP contribution in [-0.4, -0.2) is 57.4 Å². The second-order valence-electron chi connectivity index (χ2n) is 10.1. The van der Waals surface area contributed by atoms with Gasteiger partial charge in [-0.05, 0) is 28.8 Å². The van der Waals surface area contributed by atoms with E-state index < -0.39 is 16.3 Å². The van der Waals surface area contributed by atoms with E-state index in [9.17, 15) is 13.5 Å². The van der Waals surface area contributed by atoms with Gasteiger partial charge in [-0.3, -0.25) is 4.90 Å². The predicted molar refractivity (Wildman–Crippen MR) is 147 cm³/mol. The molecule has 8 nitrogen and oxygen atoms in total. The number of nitrogens with zero attached hydrogens (tertiary/aromatic N) is 1. The standard InChI is InChI=1S/C30H36N2O6S/c1-22-28(20-32-15-17-36-18-16-32)37-30(38-29(22)25-11-9-24(21-33)10-12-25)26-13-7-23(8-14-26)19-31-39(34,35)27-5-3-2-4-6-27/h2-14,22,28-31,33H,15-21H2,1H3. The number of rotatable bonds is 9. The maximum Gasteiger partial charge on any atom is 0.240 e. The molecule has 2 saturated heterocycles. The molecule has 3 aromatic carbocycles. The smallest absolute Gasteiger partial charge is 0.240 e. The van der Waals surface area contributed by atoms with Crippen molar-refractivity contribution in [3.8, 4) is 0 Å². The van der Waals surface area contributed by atoms with Gasteiger partial charge in [0.2, 0.25) is 10.0 Å². The number of nitrogens with one attached hydrogen (secondary N) is 1. The lowest BCUT2D eigenvalue weighted by molar-refractivity contribution is -0.277. The Bertz CT molecular complexity index is 1300. The first-order valence-electron chi connectivity index (χ1n) is 13.4. The third-order valence-corrected chi connectivity index (χ3v) is 8.85. The van der Waals surface area contributed by atoms with Gasteiger partial charge in [0.05, 0.1) is 36.9 Å². The third-order valence-electron chi connectivity index (χ3n) is 7.44. The fraction of sp³-hybridized carbons (Fsp3) is 0.400. The summed E-state index contributed by atoms with van der Waals surface area (Å²) in [6.07, 6.45) is -0.800. The summed E-state index contributed by atoms with van der Waals surface area (Å²) in [5, 5.41) is 9.46. The lowest BCUT2D eigenvalue weighted by atomic mass is 9.90. The van der Waals surface area contributed by atoms with Crippen LogP contribution < -0.4 is 4.72 Å². The number of hydrogen-bond donors (Lipinski definition) is 2. The van der Waals surface area contributed by atoms with Gasteiger partial charge < -0.3 is 19.3 Å². The Kier molecular flexibility index (Phi) is 9.09. The maximum atomic E-state index is 12.6. The van der Waals surface area contributed by atoms with E-state index in [-0.39, 0.29) is 36.2 Å². The Morgan fingerprint density at radius 2 is 1.51 bits per heavy atom. The third kappa shape index (κ3) is 6.93. The van der Waals surface area contributed by atoms with Gasteiger partial charge >= 0.3 is 0 Å². The molecule has 4 atom stereocenters. The molecule has 2 aliphatic heterocycles. The molecule has 39 heavy (non-hydrogen) atoms. The molecule has 3 aromatic rings. The van der Waals surface area contributed by atoms with Crippen molar-refractivity contribution in [2.75, 3.05) is 32.8 Å². The summed E-state index contributed by atoms with van der Waals surface area (Å²) in [4.78, 5) is 2.62. The van der Waals surface area contributed by atoms with Crippen LogP contribution in [0.4, 0.5) is 0 Å². The molecule has 0 saturated carbocycles. The zero-order valence-corrected chi connectivity index (χ0v) is 22.9. The molecule has 4 unspecified atom stereocenters. The lowest BCUT2D eigenvalue weighted by Crippen LogP contribution is -2.47. The van der Waals surface area contributed by atoms with E-state index in [0.29, 0.717) is 0 Å². The van der Waals surface area contributed by atoms with Crippen molar-refractivity contribution in [2.45, 2.75) is 43.5 Å². The highest BCUT2D eigenvalue weighted by Gasteiger charge is 2.39. The number of ether oxygens (including phenoxy) is 3.